The van der Waals surface area contributed by atoms with Gasteiger partial charge >= 0.3 is 12.1 Å². The molecule has 0 spiro atoms. The summed E-state index contributed by atoms with van der Waals surface area (Å²) in [6.45, 7) is 12.6. The van der Waals surface area contributed by atoms with Crippen molar-refractivity contribution in [2.75, 3.05) is 13.1 Å². The van der Waals surface area contributed by atoms with Gasteiger partial charge in [0.05, 0.1) is 35.5 Å². The zero-order valence-corrected chi connectivity index (χ0v) is 25.2. The fourth-order valence-corrected chi connectivity index (χ4v) is 5.07. The molecule has 3 aromatic rings. The summed E-state index contributed by atoms with van der Waals surface area (Å²) in [5.41, 5.74) is 2.32. The lowest BCUT2D eigenvalue weighted by molar-refractivity contribution is -0.160. The van der Waals surface area contributed by atoms with Gasteiger partial charge in [-0.2, -0.15) is 0 Å². The van der Waals surface area contributed by atoms with Gasteiger partial charge in [-0.3, -0.25) is 15.0 Å². The van der Waals surface area contributed by atoms with E-state index in [0.717, 1.165) is 54.3 Å². The number of H-pyrrole nitrogens is 2. The topological polar surface area (TPSA) is 125 Å². The molecule has 4 heterocycles. The molecule has 2 aromatic heterocycles. The largest absolute Gasteiger partial charge is 0.445 e. The van der Waals surface area contributed by atoms with E-state index in [1.54, 1.807) is 11.1 Å². The van der Waals surface area contributed by atoms with Gasteiger partial charge in [-0.15, -0.1) is 0 Å². The van der Waals surface area contributed by atoms with E-state index in [4.69, 9.17) is 9.47 Å². The van der Waals surface area contributed by atoms with E-state index in [1.807, 2.05) is 72.0 Å². The van der Waals surface area contributed by atoms with E-state index in [-0.39, 0.29) is 24.0 Å². The molecule has 10 nitrogen and oxygen atoms in total. The Morgan fingerprint density at radius 3 is 2.40 bits per heavy atom. The number of ether oxygens (including phenoxy) is 2. The Kier molecular flexibility index (Phi) is 8.15. The first kappa shape index (κ1) is 29.4. The number of aromatic amines is 2. The highest BCUT2D eigenvalue weighted by molar-refractivity contribution is 5.75. The molecule has 42 heavy (non-hydrogen) atoms. The predicted octanol–water partition coefficient (Wildman–Crippen LogP) is 5.26. The van der Waals surface area contributed by atoms with Crippen LogP contribution in [0.5, 0.6) is 0 Å². The molecule has 0 aliphatic carbocycles. The number of hydrogen-bond donors (Lipinski definition) is 3. The van der Waals surface area contributed by atoms with Crippen LogP contribution in [0.15, 0.2) is 36.7 Å². The minimum atomic E-state index is -0.563. The average Bonchev–Trinajstić information content (AvgIpc) is 3.72. The van der Waals surface area contributed by atoms with Crippen molar-refractivity contribution in [1.82, 2.24) is 30.2 Å². The van der Waals surface area contributed by atoms with E-state index < -0.39 is 17.2 Å². The number of nitrogens with zero attached hydrogens (tertiary/aromatic N) is 3. The Morgan fingerprint density at radius 1 is 0.952 bits per heavy atom. The van der Waals surface area contributed by atoms with Gasteiger partial charge in [0.15, 0.2) is 6.23 Å². The molecule has 0 bridgehead atoms. The smallest absolute Gasteiger partial charge is 0.410 e. The first-order valence-corrected chi connectivity index (χ1v) is 14.5. The Bertz CT molecular complexity index is 1480. The molecular weight excluding hydrogens is 532 g/mol. The maximum atomic E-state index is 12.7. The van der Waals surface area contributed by atoms with Gasteiger partial charge in [-0.05, 0) is 91.0 Å². The maximum Gasteiger partial charge on any atom is 0.410 e. The molecule has 2 saturated heterocycles. The Balaban J connectivity index is 1.22. The second-order valence-corrected chi connectivity index (χ2v) is 12.9. The van der Waals surface area contributed by atoms with Crippen molar-refractivity contribution in [2.24, 2.45) is 5.41 Å². The lowest BCUT2D eigenvalue weighted by atomic mass is 9.97. The van der Waals surface area contributed by atoms with Gasteiger partial charge in [0.1, 0.15) is 22.9 Å². The Labute approximate surface area is 247 Å². The lowest BCUT2D eigenvalue weighted by Gasteiger charge is -2.27. The molecule has 10 heteroatoms. The molecule has 1 aromatic carbocycles. The Morgan fingerprint density at radius 2 is 1.69 bits per heavy atom. The van der Waals surface area contributed by atoms with Crippen LogP contribution in [0.2, 0.25) is 0 Å². The number of benzene rings is 1. The molecule has 5 rings (SSSR count). The van der Waals surface area contributed by atoms with Gasteiger partial charge in [0, 0.05) is 12.1 Å². The molecule has 2 fully saturated rings. The predicted molar refractivity (Wildman–Crippen MR) is 158 cm³/mol. The van der Waals surface area contributed by atoms with Crippen molar-refractivity contribution in [2.45, 2.75) is 84.6 Å². The summed E-state index contributed by atoms with van der Waals surface area (Å²) in [5, 5.41) is 3.28. The van der Waals surface area contributed by atoms with E-state index in [1.165, 1.54) is 0 Å². The standard InChI is InChI=1S/C32H40N6O4/c1-31(2,3)29(39)41-28-23(15-16-33-28)26-35-19-24(37-26)21-12-9-20(10-13-21)11-14-22-18-34-27(36-22)25-8-7-17-38(25)30(40)42-32(4,5)6/h9-10,12-13,18-19,23,25,28,33H,7-8,15-17H2,1-6H3,(H,34,36)(H,35,37)/t23-,25-,28?/m0/s1. The van der Waals surface area contributed by atoms with Crippen LogP contribution < -0.4 is 5.32 Å². The highest BCUT2D eigenvalue weighted by Crippen LogP contribution is 2.32. The summed E-state index contributed by atoms with van der Waals surface area (Å²) >= 11 is 0. The molecule has 0 saturated carbocycles. The quantitative estimate of drug-likeness (QED) is 0.288. The summed E-state index contributed by atoms with van der Waals surface area (Å²) in [6, 6.07) is 7.79. The summed E-state index contributed by atoms with van der Waals surface area (Å²) in [5.74, 6) is 7.59. The third-order valence-corrected chi connectivity index (χ3v) is 7.29. The number of imidazole rings is 2. The number of aromatic nitrogens is 4. The zero-order chi connectivity index (χ0) is 30.1. The van der Waals surface area contributed by atoms with Crippen molar-refractivity contribution in [3.05, 3.63) is 59.6 Å². The number of amides is 1. The number of nitrogens with one attached hydrogen (secondary N) is 3. The van der Waals surface area contributed by atoms with Crippen molar-refractivity contribution >= 4 is 12.1 Å². The molecule has 3 atom stereocenters. The number of likely N-dealkylation sites (tertiary alicyclic amines) is 1. The second-order valence-electron chi connectivity index (χ2n) is 12.9. The average molecular weight is 573 g/mol. The molecule has 2 aliphatic heterocycles. The lowest BCUT2D eigenvalue weighted by Crippen LogP contribution is -2.36. The van der Waals surface area contributed by atoms with E-state index >= 15 is 0 Å². The highest BCUT2D eigenvalue weighted by atomic mass is 16.6. The van der Waals surface area contributed by atoms with Crippen LogP contribution in [0.1, 0.15) is 95.7 Å². The van der Waals surface area contributed by atoms with Gasteiger partial charge < -0.3 is 19.4 Å². The minimum Gasteiger partial charge on any atom is -0.445 e. The summed E-state index contributed by atoms with van der Waals surface area (Å²) in [6.07, 6.45) is 5.37. The fraction of sp³-hybridized carbons (Fsp3) is 0.500. The van der Waals surface area contributed by atoms with Gasteiger partial charge in [-0.25, -0.2) is 14.8 Å². The van der Waals surface area contributed by atoms with Crippen LogP contribution >= 0.6 is 0 Å². The second kappa shape index (κ2) is 11.6. The summed E-state index contributed by atoms with van der Waals surface area (Å²) < 4.78 is 11.3. The summed E-state index contributed by atoms with van der Waals surface area (Å²) in [7, 11) is 0. The molecule has 1 amide bonds. The van der Waals surface area contributed by atoms with Crippen molar-refractivity contribution in [1.29, 1.82) is 0 Å². The maximum absolute atomic E-state index is 12.7. The number of rotatable bonds is 4. The number of carbonyl (C=O) groups is 2. The minimum absolute atomic E-state index is 0.0325. The first-order valence-electron chi connectivity index (χ1n) is 14.5. The van der Waals surface area contributed by atoms with Crippen molar-refractivity contribution in [3.8, 4) is 23.1 Å². The molecule has 0 radical (unpaired) electrons. The van der Waals surface area contributed by atoms with Crippen LogP contribution in [-0.4, -0.2) is 61.8 Å². The van der Waals surface area contributed by atoms with E-state index in [2.05, 4.69) is 37.1 Å². The molecule has 2 aliphatic rings. The van der Waals surface area contributed by atoms with Crippen LogP contribution in [0.3, 0.4) is 0 Å². The molecule has 3 N–H and O–H groups in total. The van der Waals surface area contributed by atoms with Gasteiger partial charge in [0.25, 0.3) is 0 Å². The number of hydrogen-bond acceptors (Lipinski definition) is 7. The first-order chi connectivity index (χ1) is 19.9. The van der Waals surface area contributed by atoms with E-state index in [0.29, 0.717) is 12.2 Å². The molecule has 222 valence electrons. The van der Waals surface area contributed by atoms with Gasteiger partial charge in [0.2, 0.25) is 0 Å². The third-order valence-electron chi connectivity index (χ3n) is 7.29. The SMILES string of the molecule is CC(C)(C)OC(=O)N1CCC[C@H]1c1ncc(C#Cc2ccc(-c3cnc([C@@H]4CCNC4OC(=O)C(C)(C)C)[nH]3)cc2)[nH]1. The highest BCUT2D eigenvalue weighted by Gasteiger charge is 2.37. The monoisotopic (exact) mass is 572 g/mol. The number of esters is 1. The molecular formula is C32H40N6O4. The van der Waals surface area contributed by atoms with Crippen LogP contribution in [-0.2, 0) is 14.3 Å². The van der Waals surface area contributed by atoms with Crippen LogP contribution in [0, 0.1) is 17.3 Å². The third kappa shape index (κ3) is 6.85. The van der Waals surface area contributed by atoms with Crippen LogP contribution in [0.25, 0.3) is 11.3 Å². The van der Waals surface area contributed by atoms with Crippen molar-refractivity contribution in [3.63, 3.8) is 0 Å². The van der Waals surface area contributed by atoms with Crippen molar-refractivity contribution < 1.29 is 19.1 Å². The van der Waals surface area contributed by atoms with Crippen LogP contribution in [0.4, 0.5) is 4.79 Å². The Hall–Kier alpha value is -4.10. The fourth-order valence-electron chi connectivity index (χ4n) is 5.07. The zero-order valence-electron chi connectivity index (χ0n) is 25.2. The van der Waals surface area contributed by atoms with E-state index in [9.17, 15) is 9.59 Å². The number of carbonyl (C=O) groups excluding carboxylic acids is 2. The van der Waals surface area contributed by atoms with Gasteiger partial charge in [-0.1, -0.05) is 18.1 Å². The molecule has 1 unspecified atom stereocenters. The normalized spacial score (nSPS) is 20.7. The summed E-state index contributed by atoms with van der Waals surface area (Å²) in [4.78, 5) is 42.6.